The Morgan fingerprint density at radius 2 is 2.12 bits per heavy atom. The minimum Gasteiger partial charge on any atom is -0.478 e. The van der Waals surface area contributed by atoms with E-state index in [4.69, 9.17) is 16.7 Å². The van der Waals surface area contributed by atoms with E-state index in [1.807, 2.05) is 0 Å². The first-order valence-electron chi connectivity index (χ1n) is 7.35. The number of aromatic nitrogens is 2. The Morgan fingerprint density at radius 1 is 1.35 bits per heavy atom. The van der Waals surface area contributed by atoms with Crippen LogP contribution in [0, 0.1) is 15.9 Å². The molecule has 0 aliphatic rings. The normalized spacial score (nSPS) is 11.3. The molecular formula is C17H11ClFN3O4. The molecule has 2 aromatic carbocycles. The van der Waals surface area contributed by atoms with E-state index in [0.29, 0.717) is 22.2 Å². The van der Waals surface area contributed by atoms with E-state index in [9.17, 15) is 19.3 Å². The van der Waals surface area contributed by atoms with Gasteiger partial charge in [0.15, 0.2) is 0 Å². The van der Waals surface area contributed by atoms with Crippen LogP contribution in [0.1, 0.15) is 11.3 Å². The third-order valence-electron chi connectivity index (χ3n) is 3.69. The highest BCUT2D eigenvalue weighted by Crippen LogP contribution is 2.27. The summed E-state index contributed by atoms with van der Waals surface area (Å²) in [5.41, 5.74) is 1.22. The van der Waals surface area contributed by atoms with Gasteiger partial charge in [0.05, 0.1) is 22.7 Å². The molecular weight excluding hydrogens is 365 g/mol. The van der Waals surface area contributed by atoms with Crippen LogP contribution in [0.2, 0.25) is 5.02 Å². The summed E-state index contributed by atoms with van der Waals surface area (Å²) in [6, 6.07) is 8.08. The largest absolute Gasteiger partial charge is 0.478 e. The molecule has 3 aromatic rings. The van der Waals surface area contributed by atoms with E-state index in [2.05, 4.69) is 5.10 Å². The smallest absolute Gasteiger partial charge is 0.328 e. The summed E-state index contributed by atoms with van der Waals surface area (Å²) in [6.07, 6.45) is 2.23. The molecule has 26 heavy (non-hydrogen) atoms. The average molecular weight is 376 g/mol. The number of fused-ring (bicyclic) bond motifs is 1. The number of hydrogen-bond donors (Lipinski definition) is 1. The van der Waals surface area contributed by atoms with Crippen molar-refractivity contribution >= 4 is 40.2 Å². The third kappa shape index (κ3) is 3.55. The lowest BCUT2D eigenvalue weighted by molar-refractivity contribution is -0.384. The Labute approximate surface area is 151 Å². The number of carbonyl (C=O) groups is 1. The summed E-state index contributed by atoms with van der Waals surface area (Å²) < 4.78 is 14.7. The quantitative estimate of drug-likeness (QED) is 0.414. The maximum Gasteiger partial charge on any atom is 0.328 e. The Kier molecular flexibility index (Phi) is 4.68. The summed E-state index contributed by atoms with van der Waals surface area (Å²) in [6.45, 7) is 0.137. The van der Waals surface area contributed by atoms with E-state index in [-0.39, 0.29) is 17.3 Å². The van der Waals surface area contributed by atoms with Crippen LogP contribution in [0.4, 0.5) is 10.1 Å². The number of non-ortho nitro benzene ring substituents is 1. The highest BCUT2D eigenvalue weighted by molar-refractivity contribution is 6.31. The highest BCUT2D eigenvalue weighted by atomic mass is 35.5. The Bertz CT molecular complexity index is 1060. The zero-order valence-corrected chi connectivity index (χ0v) is 13.9. The van der Waals surface area contributed by atoms with E-state index in [0.717, 1.165) is 12.1 Å². The van der Waals surface area contributed by atoms with Crippen molar-refractivity contribution in [2.75, 3.05) is 0 Å². The molecule has 0 saturated heterocycles. The first-order valence-corrected chi connectivity index (χ1v) is 7.73. The fourth-order valence-corrected chi connectivity index (χ4v) is 2.73. The molecule has 0 spiro atoms. The van der Waals surface area contributed by atoms with Crippen LogP contribution in [-0.4, -0.2) is 25.8 Å². The molecule has 0 fully saturated rings. The van der Waals surface area contributed by atoms with Crippen molar-refractivity contribution in [3.8, 4) is 0 Å². The minimum absolute atomic E-state index is 0.127. The summed E-state index contributed by atoms with van der Waals surface area (Å²) in [5.74, 6) is -1.62. The second-order valence-corrected chi connectivity index (χ2v) is 5.82. The number of halogens is 2. The monoisotopic (exact) mass is 375 g/mol. The van der Waals surface area contributed by atoms with Gasteiger partial charge < -0.3 is 5.11 Å². The predicted octanol–water partition coefficient (Wildman–Crippen LogP) is 3.88. The number of hydrogen-bond acceptors (Lipinski definition) is 4. The number of nitrogens with zero attached hydrogens (tertiary/aromatic N) is 3. The number of carboxylic acid groups (broad SMARTS) is 1. The fraction of sp³-hybridized carbons (Fsp3) is 0.0588. The van der Waals surface area contributed by atoms with Crippen molar-refractivity contribution in [3.63, 3.8) is 0 Å². The second-order valence-electron chi connectivity index (χ2n) is 5.41. The first-order chi connectivity index (χ1) is 12.3. The zero-order valence-electron chi connectivity index (χ0n) is 13.1. The van der Waals surface area contributed by atoms with E-state index in [1.165, 1.54) is 41.1 Å². The number of benzene rings is 2. The molecule has 0 atom stereocenters. The molecule has 7 nitrogen and oxygen atoms in total. The van der Waals surface area contributed by atoms with Crippen LogP contribution in [-0.2, 0) is 11.3 Å². The molecule has 1 N–H and O–H groups in total. The fourth-order valence-electron chi connectivity index (χ4n) is 2.51. The van der Waals surface area contributed by atoms with Gasteiger partial charge in [0.2, 0.25) is 0 Å². The van der Waals surface area contributed by atoms with Gasteiger partial charge in [-0.3, -0.25) is 14.8 Å². The average Bonchev–Trinajstić information content (AvgIpc) is 2.92. The van der Waals surface area contributed by atoms with Gasteiger partial charge in [0.25, 0.3) is 5.69 Å². The van der Waals surface area contributed by atoms with Gasteiger partial charge in [-0.05, 0) is 29.8 Å². The highest BCUT2D eigenvalue weighted by Gasteiger charge is 2.15. The molecule has 0 saturated carbocycles. The number of rotatable bonds is 5. The topological polar surface area (TPSA) is 98.3 Å². The molecule has 1 heterocycles. The molecule has 0 bridgehead atoms. The van der Waals surface area contributed by atoms with Crippen LogP contribution in [0.15, 0.2) is 42.5 Å². The van der Waals surface area contributed by atoms with Crippen LogP contribution in [0.3, 0.4) is 0 Å². The molecule has 0 radical (unpaired) electrons. The second kappa shape index (κ2) is 6.93. The van der Waals surface area contributed by atoms with Gasteiger partial charge in [-0.15, -0.1) is 0 Å². The maximum absolute atomic E-state index is 13.2. The summed E-state index contributed by atoms with van der Waals surface area (Å²) in [4.78, 5) is 21.3. The van der Waals surface area contributed by atoms with Crippen LogP contribution in [0.25, 0.3) is 17.0 Å². The molecule has 0 unspecified atom stereocenters. The molecule has 9 heteroatoms. The van der Waals surface area contributed by atoms with Crippen molar-refractivity contribution in [2.24, 2.45) is 0 Å². The summed E-state index contributed by atoms with van der Waals surface area (Å²) in [5, 5.41) is 24.9. The first kappa shape index (κ1) is 17.6. The van der Waals surface area contributed by atoms with Crippen molar-refractivity contribution in [1.82, 2.24) is 9.78 Å². The SMILES string of the molecule is O=C(O)C=Cc1nn(Cc2ccc(F)cc2Cl)c2cc([N+](=O)[O-])ccc12. The molecule has 1 aromatic heterocycles. The Hall–Kier alpha value is -3.26. The van der Waals surface area contributed by atoms with Gasteiger partial charge in [0.1, 0.15) is 5.82 Å². The van der Waals surface area contributed by atoms with Gasteiger partial charge in [-0.2, -0.15) is 5.10 Å². The zero-order chi connectivity index (χ0) is 18.8. The Morgan fingerprint density at radius 3 is 2.77 bits per heavy atom. The Balaban J connectivity index is 2.14. The lowest BCUT2D eigenvalue weighted by atomic mass is 10.1. The van der Waals surface area contributed by atoms with Crippen LogP contribution < -0.4 is 0 Å². The van der Waals surface area contributed by atoms with Gasteiger partial charge in [0, 0.05) is 28.6 Å². The van der Waals surface area contributed by atoms with Crippen molar-refractivity contribution in [2.45, 2.75) is 6.54 Å². The van der Waals surface area contributed by atoms with E-state index < -0.39 is 16.7 Å². The maximum atomic E-state index is 13.2. The van der Waals surface area contributed by atoms with Gasteiger partial charge in [-0.1, -0.05) is 17.7 Å². The van der Waals surface area contributed by atoms with Crippen molar-refractivity contribution in [3.05, 3.63) is 74.7 Å². The lowest BCUT2D eigenvalue weighted by Crippen LogP contribution is -2.03. The molecule has 0 aliphatic carbocycles. The molecule has 3 rings (SSSR count). The number of nitro groups is 1. The van der Waals surface area contributed by atoms with Crippen LogP contribution >= 0.6 is 11.6 Å². The third-order valence-corrected chi connectivity index (χ3v) is 4.05. The standard InChI is InChI=1S/C17H11ClFN3O4/c18-14-7-11(19)2-1-10(14)9-21-16-8-12(22(25)26)3-4-13(16)15(20-21)5-6-17(23)24/h1-8H,9H2,(H,23,24). The van der Waals surface area contributed by atoms with Crippen molar-refractivity contribution < 1.29 is 19.2 Å². The van der Waals surface area contributed by atoms with E-state index >= 15 is 0 Å². The summed E-state index contributed by atoms with van der Waals surface area (Å²) in [7, 11) is 0. The lowest BCUT2D eigenvalue weighted by Gasteiger charge is -2.06. The van der Waals surface area contributed by atoms with Gasteiger partial charge in [-0.25, -0.2) is 9.18 Å². The van der Waals surface area contributed by atoms with Crippen LogP contribution in [0.5, 0.6) is 0 Å². The predicted molar refractivity (Wildman–Crippen MR) is 93.6 cm³/mol. The molecule has 0 amide bonds. The molecule has 132 valence electrons. The van der Waals surface area contributed by atoms with Gasteiger partial charge >= 0.3 is 5.97 Å². The summed E-state index contributed by atoms with van der Waals surface area (Å²) >= 11 is 6.04. The molecule has 0 aliphatic heterocycles. The van der Waals surface area contributed by atoms with E-state index in [1.54, 1.807) is 0 Å². The minimum atomic E-state index is -1.14. The van der Waals surface area contributed by atoms with Crippen molar-refractivity contribution in [1.29, 1.82) is 0 Å². The number of carboxylic acids is 1. The number of nitro benzene ring substituents is 1. The number of aliphatic carboxylic acids is 1.